The molecule has 1 aromatic carbocycles. The zero-order valence-electron chi connectivity index (χ0n) is 9.89. The number of aromatic hydroxyl groups is 1. The fraction of sp³-hybridized carbons (Fsp3) is 0.538. The van der Waals surface area contributed by atoms with Gasteiger partial charge in [-0.2, -0.15) is 0 Å². The molecule has 0 aliphatic carbocycles. The van der Waals surface area contributed by atoms with Gasteiger partial charge in [0.05, 0.1) is 0 Å². The van der Waals surface area contributed by atoms with E-state index in [0.29, 0.717) is 11.6 Å². The molecule has 15 heavy (non-hydrogen) atoms. The van der Waals surface area contributed by atoms with Gasteiger partial charge in [-0.1, -0.05) is 39.8 Å². The van der Waals surface area contributed by atoms with Crippen LogP contribution >= 0.6 is 11.6 Å². The molecule has 0 bridgehead atoms. The first-order valence-electron chi connectivity index (χ1n) is 5.31. The summed E-state index contributed by atoms with van der Waals surface area (Å²) in [6.07, 6.45) is 0.833. The Morgan fingerprint density at radius 2 is 1.87 bits per heavy atom. The second-order valence-electron chi connectivity index (χ2n) is 4.89. The summed E-state index contributed by atoms with van der Waals surface area (Å²) < 4.78 is 0. The molecule has 0 aromatic heterocycles. The van der Waals surface area contributed by atoms with E-state index in [1.165, 1.54) is 0 Å². The molecule has 2 heteroatoms. The second kappa shape index (κ2) is 4.44. The van der Waals surface area contributed by atoms with Crippen molar-refractivity contribution in [3.8, 4) is 5.75 Å². The molecule has 1 rings (SSSR count). The molecule has 0 saturated heterocycles. The lowest BCUT2D eigenvalue weighted by Gasteiger charge is -2.22. The summed E-state index contributed by atoms with van der Waals surface area (Å²) in [5, 5.41) is 10.1. The van der Waals surface area contributed by atoms with E-state index in [2.05, 4.69) is 20.8 Å². The van der Waals surface area contributed by atoms with Crippen molar-refractivity contribution in [1.29, 1.82) is 0 Å². The van der Waals surface area contributed by atoms with Crippen LogP contribution in [0.15, 0.2) is 12.1 Å². The van der Waals surface area contributed by atoms with Gasteiger partial charge in [-0.25, -0.2) is 0 Å². The van der Waals surface area contributed by atoms with Crippen LogP contribution in [0.4, 0.5) is 0 Å². The minimum Gasteiger partial charge on any atom is -0.507 e. The predicted molar refractivity (Wildman–Crippen MR) is 65.7 cm³/mol. The largest absolute Gasteiger partial charge is 0.507 e. The Morgan fingerprint density at radius 3 is 2.27 bits per heavy atom. The standard InChI is InChI=1S/C13H19ClO/c1-5-10-6-9(8-14)7-11(12(10)15)13(2,3)4/h6-7,15H,5,8H2,1-4H3. The molecule has 0 aliphatic heterocycles. The molecule has 0 aliphatic rings. The van der Waals surface area contributed by atoms with Gasteiger partial charge in [0.25, 0.3) is 0 Å². The number of aryl methyl sites for hydroxylation is 1. The average Bonchev–Trinajstić information content (AvgIpc) is 2.16. The average molecular weight is 227 g/mol. The Bertz CT molecular complexity index is 350. The molecule has 0 radical (unpaired) electrons. The molecule has 1 N–H and O–H groups in total. The zero-order chi connectivity index (χ0) is 11.6. The lowest BCUT2D eigenvalue weighted by molar-refractivity contribution is 0.440. The molecule has 84 valence electrons. The smallest absolute Gasteiger partial charge is 0.122 e. The summed E-state index contributed by atoms with van der Waals surface area (Å²) in [7, 11) is 0. The van der Waals surface area contributed by atoms with E-state index in [1.807, 2.05) is 19.1 Å². The van der Waals surface area contributed by atoms with Gasteiger partial charge in [-0.05, 0) is 28.5 Å². The van der Waals surface area contributed by atoms with Crippen molar-refractivity contribution >= 4 is 11.6 Å². The third-order valence-electron chi connectivity index (χ3n) is 2.59. The lowest BCUT2D eigenvalue weighted by Crippen LogP contribution is -2.12. The first kappa shape index (κ1) is 12.4. The molecular formula is C13H19ClO. The highest BCUT2D eigenvalue weighted by atomic mass is 35.5. The maximum Gasteiger partial charge on any atom is 0.122 e. The summed E-state index contributed by atoms with van der Waals surface area (Å²) in [5.41, 5.74) is 3.00. The maximum absolute atomic E-state index is 10.1. The molecule has 1 aromatic rings. The van der Waals surface area contributed by atoms with Crippen molar-refractivity contribution in [2.45, 2.75) is 45.4 Å². The quantitative estimate of drug-likeness (QED) is 0.756. The summed E-state index contributed by atoms with van der Waals surface area (Å²) in [5.74, 6) is 0.926. The first-order chi connectivity index (χ1) is 6.90. The predicted octanol–water partition coefficient (Wildman–Crippen LogP) is 3.99. The van der Waals surface area contributed by atoms with Gasteiger partial charge in [-0.3, -0.25) is 0 Å². The van der Waals surface area contributed by atoms with Crippen LogP contribution in [0.3, 0.4) is 0 Å². The number of alkyl halides is 1. The monoisotopic (exact) mass is 226 g/mol. The molecule has 1 nitrogen and oxygen atoms in total. The van der Waals surface area contributed by atoms with E-state index in [9.17, 15) is 5.11 Å². The van der Waals surface area contributed by atoms with E-state index in [0.717, 1.165) is 23.1 Å². The summed E-state index contributed by atoms with van der Waals surface area (Å²) >= 11 is 5.85. The van der Waals surface area contributed by atoms with E-state index < -0.39 is 0 Å². The van der Waals surface area contributed by atoms with Crippen LogP contribution in [-0.2, 0) is 17.7 Å². The summed E-state index contributed by atoms with van der Waals surface area (Å²) in [4.78, 5) is 0. The maximum atomic E-state index is 10.1. The van der Waals surface area contributed by atoms with E-state index in [4.69, 9.17) is 11.6 Å². The number of halogens is 1. The highest BCUT2D eigenvalue weighted by molar-refractivity contribution is 6.17. The third kappa shape index (κ3) is 2.66. The van der Waals surface area contributed by atoms with Crippen molar-refractivity contribution < 1.29 is 5.11 Å². The van der Waals surface area contributed by atoms with Gasteiger partial charge < -0.3 is 5.11 Å². The molecule has 0 saturated carbocycles. The summed E-state index contributed by atoms with van der Waals surface area (Å²) in [6.45, 7) is 8.33. The number of rotatable bonds is 2. The van der Waals surface area contributed by atoms with Crippen LogP contribution in [0.1, 0.15) is 44.4 Å². The van der Waals surface area contributed by atoms with Gasteiger partial charge >= 0.3 is 0 Å². The third-order valence-corrected chi connectivity index (χ3v) is 2.90. The fourth-order valence-corrected chi connectivity index (χ4v) is 1.83. The van der Waals surface area contributed by atoms with E-state index >= 15 is 0 Å². The molecular weight excluding hydrogens is 208 g/mol. The first-order valence-corrected chi connectivity index (χ1v) is 5.84. The molecule has 0 atom stereocenters. The van der Waals surface area contributed by atoms with Crippen LogP contribution in [0, 0.1) is 0 Å². The minimum atomic E-state index is -0.0456. The Kier molecular flexibility index (Phi) is 3.67. The van der Waals surface area contributed by atoms with Crippen molar-refractivity contribution in [1.82, 2.24) is 0 Å². The summed E-state index contributed by atoms with van der Waals surface area (Å²) in [6, 6.07) is 3.99. The Morgan fingerprint density at radius 1 is 1.27 bits per heavy atom. The van der Waals surface area contributed by atoms with Gasteiger partial charge in [0.2, 0.25) is 0 Å². The lowest BCUT2D eigenvalue weighted by atomic mass is 9.84. The van der Waals surface area contributed by atoms with Crippen LogP contribution < -0.4 is 0 Å². The number of phenols is 1. The minimum absolute atomic E-state index is 0.0456. The number of phenolic OH excluding ortho intramolecular Hbond substituents is 1. The van der Waals surface area contributed by atoms with Crippen molar-refractivity contribution in [2.75, 3.05) is 0 Å². The number of hydrogen-bond donors (Lipinski definition) is 1. The highest BCUT2D eigenvalue weighted by Gasteiger charge is 2.20. The van der Waals surface area contributed by atoms with Crippen LogP contribution in [0.2, 0.25) is 0 Å². The Balaban J connectivity index is 3.37. The van der Waals surface area contributed by atoms with Gasteiger partial charge in [0, 0.05) is 5.88 Å². The van der Waals surface area contributed by atoms with Crippen molar-refractivity contribution in [3.63, 3.8) is 0 Å². The molecule has 0 unspecified atom stereocenters. The molecule has 0 heterocycles. The van der Waals surface area contributed by atoms with Crippen LogP contribution in [-0.4, -0.2) is 5.11 Å². The normalized spacial score (nSPS) is 11.8. The second-order valence-corrected chi connectivity index (χ2v) is 5.16. The SMILES string of the molecule is CCc1cc(CCl)cc(C(C)(C)C)c1O. The zero-order valence-corrected chi connectivity index (χ0v) is 10.7. The molecule has 0 fully saturated rings. The molecule has 0 spiro atoms. The van der Waals surface area contributed by atoms with Crippen molar-refractivity contribution in [2.24, 2.45) is 0 Å². The Labute approximate surface area is 97.1 Å². The molecule has 0 amide bonds. The van der Waals surface area contributed by atoms with Gasteiger partial charge in [0.15, 0.2) is 0 Å². The van der Waals surface area contributed by atoms with Gasteiger partial charge in [0.1, 0.15) is 5.75 Å². The number of hydrogen-bond acceptors (Lipinski definition) is 1. The number of benzene rings is 1. The highest BCUT2D eigenvalue weighted by Crippen LogP contribution is 2.34. The van der Waals surface area contributed by atoms with Gasteiger partial charge in [-0.15, -0.1) is 11.6 Å². The fourth-order valence-electron chi connectivity index (χ4n) is 1.68. The topological polar surface area (TPSA) is 20.2 Å². The Hall–Kier alpha value is -0.690. The van der Waals surface area contributed by atoms with Crippen LogP contribution in [0.25, 0.3) is 0 Å². The van der Waals surface area contributed by atoms with Crippen molar-refractivity contribution in [3.05, 3.63) is 28.8 Å². The van der Waals surface area contributed by atoms with Crippen LogP contribution in [0.5, 0.6) is 5.75 Å². The van der Waals surface area contributed by atoms with E-state index in [-0.39, 0.29) is 5.41 Å². The van der Waals surface area contributed by atoms with E-state index in [1.54, 1.807) is 0 Å².